The average Bonchev–Trinajstić information content (AvgIpc) is 2.35. The number of para-hydroxylation sites is 2. The van der Waals surface area contributed by atoms with E-state index in [1.807, 2.05) is 24.3 Å². The second kappa shape index (κ2) is 7.50. The highest BCUT2D eigenvalue weighted by Gasteiger charge is 2.05. The van der Waals surface area contributed by atoms with Gasteiger partial charge in [0.25, 0.3) is 0 Å². The maximum atomic E-state index is 11.6. The molecule has 0 bridgehead atoms. The lowest BCUT2D eigenvalue weighted by atomic mass is 10.2. The van der Waals surface area contributed by atoms with Gasteiger partial charge in [-0.05, 0) is 18.1 Å². The van der Waals surface area contributed by atoms with Crippen LogP contribution >= 0.6 is 0 Å². The monoisotopic (exact) mass is 248 g/mol. The zero-order chi connectivity index (χ0) is 13.4. The van der Waals surface area contributed by atoms with E-state index in [4.69, 9.17) is 10.5 Å². The van der Waals surface area contributed by atoms with Gasteiger partial charge in [-0.3, -0.25) is 4.79 Å². The smallest absolute Gasteiger partial charge is 0.248 e. The summed E-state index contributed by atoms with van der Waals surface area (Å²) >= 11 is 0. The van der Waals surface area contributed by atoms with Crippen molar-refractivity contribution in [1.29, 1.82) is 0 Å². The molecule has 18 heavy (non-hydrogen) atoms. The molecule has 0 aliphatic carbocycles. The molecule has 4 heteroatoms. The molecule has 0 radical (unpaired) electrons. The molecule has 1 aromatic carbocycles. The fourth-order valence-electron chi connectivity index (χ4n) is 1.30. The molecule has 0 spiro atoms. The van der Waals surface area contributed by atoms with Gasteiger partial charge in [-0.25, -0.2) is 0 Å². The number of nitrogens with one attached hydrogen (secondary N) is 1. The van der Waals surface area contributed by atoms with Gasteiger partial charge in [-0.2, -0.15) is 0 Å². The van der Waals surface area contributed by atoms with Crippen LogP contribution in [0, 0.1) is 5.92 Å². The van der Waals surface area contributed by atoms with Crippen LogP contribution in [0.1, 0.15) is 13.8 Å². The summed E-state index contributed by atoms with van der Waals surface area (Å²) in [6, 6.07) is 7.38. The second-order valence-corrected chi connectivity index (χ2v) is 4.33. The topological polar surface area (TPSA) is 64.3 Å². The fourth-order valence-corrected chi connectivity index (χ4v) is 1.30. The molecular weight excluding hydrogens is 228 g/mol. The number of rotatable bonds is 6. The molecular formula is C14H20N2O2. The molecule has 3 N–H and O–H groups in total. The van der Waals surface area contributed by atoms with E-state index in [1.54, 1.807) is 6.08 Å². The van der Waals surface area contributed by atoms with Crippen molar-refractivity contribution in [2.24, 2.45) is 11.7 Å². The summed E-state index contributed by atoms with van der Waals surface area (Å²) in [6.45, 7) is 5.11. The van der Waals surface area contributed by atoms with Crippen LogP contribution in [-0.4, -0.2) is 19.1 Å². The van der Waals surface area contributed by atoms with Crippen LogP contribution in [-0.2, 0) is 4.79 Å². The Kier molecular flexibility index (Phi) is 5.94. The normalized spacial score (nSPS) is 10.9. The second-order valence-electron chi connectivity index (χ2n) is 4.33. The number of anilines is 1. The molecule has 1 rings (SSSR count). The summed E-state index contributed by atoms with van der Waals surface area (Å²) in [4.78, 5) is 11.6. The van der Waals surface area contributed by atoms with Gasteiger partial charge in [0.05, 0.1) is 12.3 Å². The molecule has 0 saturated heterocycles. The molecule has 4 nitrogen and oxygen atoms in total. The highest BCUT2D eigenvalue weighted by molar-refractivity contribution is 6.00. The Morgan fingerprint density at radius 2 is 2.17 bits per heavy atom. The summed E-state index contributed by atoms with van der Waals surface area (Å²) in [7, 11) is 0. The van der Waals surface area contributed by atoms with Gasteiger partial charge >= 0.3 is 0 Å². The van der Waals surface area contributed by atoms with Gasteiger partial charge in [0.1, 0.15) is 5.75 Å². The lowest BCUT2D eigenvalue weighted by molar-refractivity contribution is -0.111. The Bertz CT molecular complexity index is 414. The van der Waals surface area contributed by atoms with Crippen molar-refractivity contribution in [1.82, 2.24) is 0 Å². The van der Waals surface area contributed by atoms with E-state index in [1.165, 1.54) is 6.08 Å². The first-order valence-electron chi connectivity index (χ1n) is 6.03. The SMILES string of the molecule is CC(C)COc1ccccc1NC(=O)/C=C/CN. The van der Waals surface area contributed by atoms with Crippen LogP contribution in [0.4, 0.5) is 5.69 Å². The number of benzene rings is 1. The molecule has 0 unspecified atom stereocenters. The van der Waals surface area contributed by atoms with Crippen LogP contribution in [0.25, 0.3) is 0 Å². The van der Waals surface area contributed by atoms with Gasteiger partial charge in [0.15, 0.2) is 0 Å². The highest BCUT2D eigenvalue weighted by atomic mass is 16.5. The summed E-state index contributed by atoms with van der Waals surface area (Å²) in [5, 5.41) is 2.76. The predicted molar refractivity (Wildman–Crippen MR) is 73.6 cm³/mol. The third-order valence-electron chi connectivity index (χ3n) is 2.12. The number of ether oxygens (including phenoxy) is 1. The van der Waals surface area contributed by atoms with Gasteiger partial charge in [-0.15, -0.1) is 0 Å². The number of carbonyl (C=O) groups is 1. The summed E-state index contributed by atoms with van der Waals surface area (Å²) in [6.07, 6.45) is 3.02. The minimum Gasteiger partial charge on any atom is -0.491 e. The number of nitrogens with two attached hydrogens (primary N) is 1. The van der Waals surface area contributed by atoms with Crippen molar-refractivity contribution in [2.45, 2.75) is 13.8 Å². The Morgan fingerprint density at radius 3 is 2.83 bits per heavy atom. The Morgan fingerprint density at radius 1 is 1.44 bits per heavy atom. The van der Waals surface area contributed by atoms with Crippen molar-refractivity contribution in [3.63, 3.8) is 0 Å². The van der Waals surface area contributed by atoms with E-state index < -0.39 is 0 Å². The zero-order valence-corrected chi connectivity index (χ0v) is 10.8. The van der Waals surface area contributed by atoms with Gasteiger partial charge < -0.3 is 15.8 Å². The fraction of sp³-hybridized carbons (Fsp3) is 0.357. The highest BCUT2D eigenvalue weighted by Crippen LogP contribution is 2.24. The standard InChI is InChI=1S/C14H20N2O2/c1-11(2)10-18-13-7-4-3-6-12(13)16-14(17)8-5-9-15/h3-8,11H,9-10,15H2,1-2H3,(H,16,17)/b8-5+. The van der Waals surface area contributed by atoms with Gasteiger partial charge in [0, 0.05) is 12.6 Å². The minimum absolute atomic E-state index is 0.207. The van der Waals surface area contributed by atoms with Crippen LogP contribution in [0.2, 0.25) is 0 Å². The molecule has 1 amide bonds. The zero-order valence-electron chi connectivity index (χ0n) is 10.8. The molecule has 1 aromatic rings. The number of hydrogen-bond acceptors (Lipinski definition) is 3. The first kappa shape index (κ1) is 14.3. The molecule has 0 saturated carbocycles. The van der Waals surface area contributed by atoms with E-state index in [0.29, 0.717) is 30.5 Å². The van der Waals surface area contributed by atoms with Crippen LogP contribution in [0.3, 0.4) is 0 Å². The molecule has 98 valence electrons. The summed E-state index contributed by atoms with van der Waals surface area (Å²) in [5.41, 5.74) is 5.96. The van der Waals surface area contributed by atoms with E-state index in [9.17, 15) is 4.79 Å². The third kappa shape index (κ3) is 5.01. The molecule has 0 heterocycles. The van der Waals surface area contributed by atoms with Crippen molar-refractivity contribution in [2.75, 3.05) is 18.5 Å². The maximum absolute atomic E-state index is 11.6. The van der Waals surface area contributed by atoms with E-state index in [0.717, 1.165) is 0 Å². The summed E-state index contributed by atoms with van der Waals surface area (Å²) < 4.78 is 5.64. The Hall–Kier alpha value is -1.81. The van der Waals surface area contributed by atoms with E-state index >= 15 is 0 Å². The van der Waals surface area contributed by atoms with Crippen LogP contribution in [0.15, 0.2) is 36.4 Å². The molecule has 0 fully saturated rings. The van der Waals surface area contributed by atoms with Crippen molar-refractivity contribution < 1.29 is 9.53 Å². The molecule has 0 atom stereocenters. The first-order chi connectivity index (χ1) is 8.63. The van der Waals surface area contributed by atoms with Crippen molar-refractivity contribution in [3.05, 3.63) is 36.4 Å². The molecule has 0 aliphatic heterocycles. The number of hydrogen-bond donors (Lipinski definition) is 2. The van der Waals surface area contributed by atoms with Gasteiger partial charge in [0.2, 0.25) is 5.91 Å². The predicted octanol–water partition coefficient (Wildman–Crippen LogP) is 2.17. The third-order valence-corrected chi connectivity index (χ3v) is 2.12. The summed E-state index contributed by atoms with van der Waals surface area (Å²) in [5.74, 6) is 0.910. The Balaban J connectivity index is 2.69. The molecule has 0 aliphatic rings. The maximum Gasteiger partial charge on any atom is 0.248 e. The lowest BCUT2D eigenvalue weighted by Gasteiger charge is -2.13. The quantitative estimate of drug-likeness (QED) is 0.758. The minimum atomic E-state index is -0.207. The number of amides is 1. The molecule has 0 aromatic heterocycles. The average molecular weight is 248 g/mol. The number of carbonyl (C=O) groups excluding carboxylic acids is 1. The van der Waals surface area contributed by atoms with Crippen LogP contribution < -0.4 is 15.8 Å². The first-order valence-corrected chi connectivity index (χ1v) is 6.03. The van der Waals surface area contributed by atoms with Crippen LogP contribution in [0.5, 0.6) is 5.75 Å². The van der Waals surface area contributed by atoms with Crippen molar-refractivity contribution in [3.8, 4) is 5.75 Å². The lowest BCUT2D eigenvalue weighted by Crippen LogP contribution is -2.11. The van der Waals surface area contributed by atoms with Crippen molar-refractivity contribution >= 4 is 11.6 Å². The Labute approximate surface area is 108 Å². The van der Waals surface area contributed by atoms with E-state index in [2.05, 4.69) is 19.2 Å². The largest absolute Gasteiger partial charge is 0.491 e. The van der Waals surface area contributed by atoms with E-state index in [-0.39, 0.29) is 5.91 Å². The van der Waals surface area contributed by atoms with Gasteiger partial charge in [-0.1, -0.05) is 32.1 Å².